The number of halogens is 1. The molecule has 1 aliphatic rings. The van der Waals surface area contributed by atoms with Gasteiger partial charge in [0.15, 0.2) is 0 Å². The Hall–Kier alpha value is -0.390. The van der Waals surface area contributed by atoms with Crippen LogP contribution in [0.4, 0.5) is 0 Å². The van der Waals surface area contributed by atoms with Crippen molar-refractivity contribution >= 4 is 15.9 Å². The van der Waals surface area contributed by atoms with E-state index in [-0.39, 0.29) is 0 Å². The second-order valence-corrected chi connectivity index (χ2v) is 5.43. The molecule has 2 heterocycles. The summed E-state index contributed by atoms with van der Waals surface area (Å²) in [6.45, 7) is 6.23. The van der Waals surface area contributed by atoms with Crippen molar-refractivity contribution in [1.29, 1.82) is 0 Å². The first-order valence-electron chi connectivity index (χ1n) is 5.68. The van der Waals surface area contributed by atoms with E-state index in [1.54, 1.807) is 0 Å². The van der Waals surface area contributed by atoms with Crippen LogP contribution in [0.15, 0.2) is 4.47 Å². The molecule has 0 aliphatic carbocycles. The zero-order chi connectivity index (χ0) is 11.9. The molecule has 2 atom stereocenters. The lowest BCUT2D eigenvalue weighted by Crippen LogP contribution is -2.36. The summed E-state index contributed by atoms with van der Waals surface area (Å²) in [5.74, 6) is 0. The summed E-state index contributed by atoms with van der Waals surface area (Å²) >= 11 is 3.60. The summed E-state index contributed by atoms with van der Waals surface area (Å²) in [6.07, 6.45) is 1.09. The topological polar surface area (TPSA) is 47.1 Å². The summed E-state index contributed by atoms with van der Waals surface area (Å²) in [7, 11) is 1.99. The second-order valence-electron chi connectivity index (χ2n) is 4.63. The van der Waals surface area contributed by atoms with Crippen LogP contribution < -0.4 is 5.73 Å². The molecule has 2 rings (SSSR count). The SMILES string of the molecule is Cc1nn(C)c(CN2CCC(N)C2C)c1Br. The molecule has 0 saturated carbocycles. The minimum absolute atomic E-state index is 0.313. The molecule has 16 heavy (non-hydrogen) atoms. The van der Waals surface area contributed by atoms with Crippen LogP contribution in [-0.4, -0.2) is 33.3 Å². The van der Waals surface area contributed by atoms with E-state index in [9.17, 15) is 0 Å². The first-order valence-corrected chi connectivity index (χ1v) is 6.47. The van der Waals surface area contributed by atoms with Crippen molar-refractivity contribution in [3.05, 3.63) is 15.9 Å². The van der Waals surface area contributed by atoms with Gasteiger partial charge in [-0.25, -0.2) is 0 Å². The van der Waals surface area contributed by atoms with Gasteiger partial charge in [0.2, 0.25) is 0 Å². The molecule has 4 nitrogen and oxygen atoms in total. The lowest BCUT2D eigenvalue weighted by Gasteiger charge is -2.23. The normalized spacial score (nSPS) is 26.6. The Morgan fingerprint density at radius 3 is 2.69 bits per heavy atom. The molecule has 1 saturated heterocycles. The molecule has 2 N–H and O–H groups in total. The number of hydrogen-bond donors (Lipinski definition) is 1. The van der Waals surface area contributed by atoms with Crippen molar-refractivity contribution in [2.75, 3.05) is 6.54 Å². The average molecular weight is 287 g/mol. The van der Waals surface area contributed by atoms with Crippen molar-refractivity contribution in [2.45, 2.75) is 38.9 Å². The van der Waals surface area contributed by atoms with Crippen LogP contribution in [0, 0.1) is 6.92 Å². The monoisotopic (exact) mass is 286 g/mol. The molecule has 5 heteroatoms. The summed E-state index contributed by atoms with van der Waals surface area (Å²) < 4.78 is 3.08. The fourth-order valence-corrected chi connectivity index (χ4v) is 2.76. The Balaban J connectivity index is 2.15. The van der Waals surface area contributed by atoms with E-state index in [0.29, 0.717) is 12.1 Å². The Labute approximate surface area is 105 Å². The Bertz CT molecular complexity index is 388. The highest BCUT2D eigenvalue weighted by molar-refractivity contribution is 9.10. The van der Waals surface area contributed by atoms with Gasteiger partial charge in [-0.15, -0.1) is 0 Å². The minimum atomic E-state index is 0.313. The fraction of sp³-hybridized carbons (Fsp3) is 0.727. The van der Waals surface area contributed by atoms with Crippen LogP contribution in [-0.2, 0) is 13.6 Å². The van der Waals surface area contributed by atoms with Gasteiger partial charge in [0.25, 0.3) is 0 Å². The molecule has 2 unspecified atom stereocenters. The molecular formula is C11H19BrN4. The molecule has 0 amide bonds. The number of aryl methyl sites for hydroxylation is 2. The van der Waals surface area contributed by atoms with E-state index in [4.69, 9.17) is 5.73 Å². The van der Waals surface area contributed by atoms with Crippen LogP contribution in [0.3, 0.4) is 0 Å². The standard InChI is InChI=1S/C11H19BrN4/c1-7-11(12)10(15(3)14-7)6-16-5-4-9(13)8(16)2/h8-9H,4-6,13H2,1-3H3. The number of nitrogens with two attached hydrogens (primary N) is 1. The molecule has 0 aromatic carbocycles. The van der Waals surface area contributed by atoms with Crippen LogP contribution in [0.5, 0.6) is 0 Å². The zero-order valence-corrected chi connectivity index (χ0v) is 11.7. The van der Waals surface area contributed by atoms with Crippen LogP contribution in [0.1, 0.15) is 24.7 Å². The fourth-order valence-electron chi connectivity index (χ4n) is 2.30. The van der Waals surface area contributed by atoms with E-state index >= 15 is 0 Å². The number of aromatic nitrogens is 2. The van der Waals surface area contributed by atoms with Crippen molar-refractivity contribution in [3.63, 3.8) is 0 Å². The van der Waals surface area contributed by atoms with Gasteiger partial charge in [-0.2, -0.15) is 5.10 Å². The molecule has 1 fully saturated rings. The molecule has 1 aliphatic heterocycles. The maximum Gasteiger partial charge on any atom is 0.0739 e. The van der Waals surface area contributed by atoms with Crippen LogP contribution in [0.2, 0.25) is 0 Å². The molecular weight excluding hydrogens is 268 g/mol. The number of hydrogen-bond acceptors (Lipinski definition) is 3. The van der Waals surface area contributed by atoms with Gasteiger partial charge in [-0.3, -0.25) is 9.58 Å². The average Bonchev–Trinajstić information content (AvgIpc) is 2.66. The van der Waals surface area contributed by atoms with Crippen molar-refractivity contribution in [2.24, 2.45) is 12.8 Å². The molecule has 90 valence electrons. The second kappa shape index (κ2) is 4.47. The zero-order valence-electron chi connectivity index (χ0n) is 10.1. The van der Waals surface area contributed by atoms with E-state index in [1.165, 1.54) is 5.69 Å². The van der Waals surface area contributed by atoms with Gasteiger partial charge in [-0.05, 0) is 36.2 Å². The highest BCUT2D eigenvalue weighted by Gasteiger charge is 2.29. The first-order chi connectivity index (χ1) is 7.50. The molecule has 0 bridgehead atoms. The summed E-state index contributed by atoms with van der Waals surface area (Å²) in [5, 5.41) is 4.41. The summed E-state index contributed by atoms with van der Waals surface area (Å²) in [5.41, 5.74) is 8.31. The number of rotatable bonds is 2. The van der Waals surface area contributed by atoms with Crippen molar-refractivity contribution in [3.8, 4) is 0 Å². The molecule has 1 aromatic rings. The van der Waals surface area contributed by atoms with Gasteiger partial charge in [0.05, 0.1) is 15.9 Å². The maximum atomic E-state index is 6.03. The smallest absolute Gasteiger partial charge is 0.0739 e. The Morgan fingerprint density at radius 1 is 1.56 bits per heavy atom. The van der Waals surface area contributed by atoms with E-state index in [2.05, 4.69) is 32.9 Å². The van der Waals surface area contributed by atoms with Crippen LogP contribution in [0.25, 0.3) is 0 Å². The summed E-state index contributed by atoms with van der Waals surface area (Å²) in [4.78, 5) is 2.42. The van der Waals surface area contributed by atoms with Gasteiger partial charge in [0.1, 0.15) is 0 Å². The predicted octanol–water partition coefficient (Wildman–Crippen LogP) is 1.41. The number of likely N-dealkylation sites (tertiary alicyclic amines) is 1. The third-order valence-electron chi connectivity index (χ3n) is 3.56. The van der Waals surface area contributed by atoms with E-state index < -0.39 is 0 Å². The van der Waals surface area contributed by atoms with Gasteiger partial charge in [0, 0.05) is 32.2 Å². The Kier molecular flexibility index (Phi) is 3.37. The third-order valence-corrected chi connectivity index (χ3v) is 4.59. The molecule has 0 radical (unpaired) electrons. The lowest BCUT2D eigenvalue weighted by atomic mass is 10.2. The maximum absolute atomic E-state index is 6.03. The van der Waals surface area contributed by atoms with Gasteiger partial charge in [-0.1, -0.05) is 0 Å². The van der Waals surface area contributed by atoms with Gasteiger partial charge >= 0.3 is 0 Å². The van der Waals surface area contributed by atoms with Gasteiger partial charge < -0.3 is 5.73 Å². The van der Waals surface area contributed by atoms with E-state index in [0.717, 1.165) is 29.7 Å². The van der Waals surface area contributed by atoms with Crippen molar-refractivity contribution in [1.82, 2.24) is 14.7 Å². The number of nitrogens with zero attached hydrogens (tertiary/aromatic N) is 3. The summed E-state index contributed by atoms with van der Waals surface area (Å²) in [6, 6.07) is 0.773. The highest BCUT2D eigenvalue weighted by atomic mass is 79.9. The lowest BCUT2D eigenvalue weighted by molar-refractivity contribution is 0.245. The Morgan fingerprint density at radius 2 is 2.25 bits per heavy atom. The van der Waals surface area contributed by atoms with Crippen LogP contribution >= 0.6 is 15.9 Å². The first kappa shape index (κ1) is 12.1. The van der Waals surface area contributed by atoms with E-state index in [1.807, 2.05) is 18.7 Å². The largest absolute Gasteiger partial charge is 0.326 e. The minimum Gasteiger partial charge on any atom is -0.326 e. The molecule has 0 spiro atoms. The quantitative estimate of drug-likeness (QED) is 0.894. The third kappa shape index (κ3) is 2.04. The predicted molar refractivity (Wildman–Crippen MR) is 68.1 cm³/mol. The van der Waals surface area contributed by atoms with Crippen molar-refractivity contribution < 1.29 is 0 Å². The highest BCUT2D eigenvalue weighted by Crippen LogP contribution is 2.25. The molecule has 1 aromatic heterocycles.